The van der Waals surface area contributed by atoms with Crippen molar-refractivity contribution < 1.29 is 9.59 Å². The second-order valence-electron chi connectivity index (χ2n) is 8.13. The van der Waals surface area contributed by atoms with Crippen LogP contribution in [0.3, 0.4) is 0 Å². The lowest BCUT2D eigenvalue weighted by molar-refractivity contribution is -0.130. The molecule has 0 aliphatic carbocycles. The van der Waals surface area contributed by atoms with E-state index < -0.39 is 0 Å². The van der Waals surface area contributed by atoms with Gasteiger partial charge in [-0.1, -0.05) is 6.07 Å². The van der Waals surface area contributed by atoms with E-state index in [1.165, 1.54) is 0 Å². The van der Waals surface area contributed by atoms with Gasteiger partial charge in [0.25, 0.3) is 0 Å². The molecule has 1 saturated heterocycles. The largest absolute Gasteiger partial charge is 0.368 e. The van der Waals surface area contributed by atoms with Gasteiger partial charge in [0.15, 0.2) is 0 Å². The topological polar surface area (TPSA) is 106 Å². The fourth-order valence-corrected chi connectivity index (χ4v) is 4.16. The molecule has 0 spiro atoms. The van der Waals surface area contributed by atoms with Crippen LogP contribution in [0.4, 0.5) is 21.9 Å². The fraction of sp³-hybridized carbons (Fsp3) is 0.200. The van der Waals surface area contributed by atoms with Crippen LogP contribution in [0.2, 0.25) is 0 Å². The van der Waals surface area contributed by atoms with E-state index >= 15 is 0 Å². The summed E-state index contributed by atoms with van der Waals surface area (Å²) in [6.45, 7) is 2.76. The highest BCUT2D eigenvalue weighted by molar-refractivity contribution is 5.99. The predicted molar refractivity (Wildman–Crippen MR) is 132 cm³/mol. The predicted octanol–water partition coefficient (Wildman–Crippen LogP) is 3.49. The fourth-order valence-electron chi connectivity index (χ4n) is 4.16. The maximum Gasteiger partial charge on any atom is 0.323 e. The van der Waals surface area contributed by atoms with E-state index in [2.05, 4.69) is 30.5 Å². The molecule has 0 bridgehead atoms. The van der Waals surface area contributed by atoms with Gasteiger partial charge < -0.3 is 25.4 Å². The molecular weight excluding hydrogens is 430 g/mol. The molecule has 1 aromatic carbocycles. The number of hydrogen-bond donors (Lipinski definition) is 3. The van der Waals surface area contributed by atoms with Crippen molar-refractivity contribution in [2.45, 2.75) is 6.42 Å². The highest BCUT2D eigenvalue weighted by Gasteiger charge is 2.22. The zero-order valence-corrected chi connectivity index (χ0v) is 18.6. The maximum absolute atomic E-state index is 12.9. The van der Waals surface area contributed by atoms with Crippen LogP contribution in [0, 0.1) is 0 Å². The number of pyridine rings is 2. The monoisotopic (exact) mass is 455 g/mol. The summed E-state index contributed by atoms with van der Waals surface area (Å²) in [6, 6.07) is 14.8. The van der Waals surface area contributed by atoms with Crippen molar-refractivity contribution in [3.63, 3.8) is 0 Å². The number of amides is 3. The number of nitrogens with zero attached hydrogens (tertiary/aromatic N) is 4. The molecule has 3 N–H and O–H groups in total. The summed E-state index contributed by atoms with van der Waals surface area (Å²) in [7, 11) is 0. The minimum absolute atomic E-state index is 0.117. The normalized spacial score (nSPS) is 13.6. The number of H-pyrrole nitrogens is 1. The number of aromatic nitrogens is 3. The van der Waals surface area contributed by atoms with Gasteiger partial charge in [0.1, 0.15) is 5.65 Å². The number of anilines is 3. The van der Waals surface area contributed by atoms with Gasteiger partial charge in [-0.25, -0.2) is 9.78 Å². The molecule has 1 aliphatic heterocycles. The third-order valence-electron chi connectivity index (χ3n) is 5.90. The third-order valence-corrected chi connectivity index (χ3v) is 5.90. The molecule has 0 unspecified atom stereocenters. The van der Waals surface area contributed by atoms with Crippen LogP contribution in [0.1, 0.15) is 5.56 Å². The maximum atomic E-state index is 12.9. The molecule has 3 amide bonds. The molecule has 0 radical (unpaired) electrons. The number of carbonyl (C=O) groups is 2. The van der Waals surface area contributed by atoms with Gasteiger partial charge in [-0.15, -0.1) is 0 Å². The van der Waals surface area contributed by atoms with Crippen molar-refractivity contribution >= 4 is 40.0 Å². The van der Waals surface area contributed by atoms with Crippen molar-refractivity contribution in [2.75, 3.05) is 41.7 Å². The van der Waals surface area contributed by atoms with Crippen molar-refractivity contribution in [2.24, 2.45) is 0 Å². The summed E-state index contributed by atoms with van der Waals surface area (Å²) < 4.78 is 0. The van der Waals surface area contributed by atoms with E-state index in [-0.39, 0.29) is 11.9 Å². The summed E-state index contributed by atoms with van der Waals surface area (Å²) in [5.74, 6) is 0.117. The van der Waals surface area contributed by atoms with Crippen LogP contribution in [-0.2, 0) is 11.2 Å². The van der Waals surface area contributed by atoms with Gasteiger partial charge in [0.2, 0.25) is 5.91 Å². The number of benzene rings is 1. The number of aromatic amines is 1. The van der Waals surface area contributed by atoms with Crippen LogP contribution in [-0.4, -0.2) is 58.0 Å². The Labute approximate surface area is 196 Å². The van der Waals surface area contributed by atoms with E-state index in [0.717, 1.165) is 35.4 Å². The van der Waals surface area contributed by atoms with Crippen molar-refractivity contribution in [3.8, 4) is 0 Å². The number of urea groups is 1. The SMILES string of the molecule is O=C(Nc1cccnc1)Nc1cccc(N2CCN(C(=O)Cc3c[nH]c4ncccc34)CC2)c1. The highest BCUT2D eigenvalue weighted by atomic mass is 16.2. The molecule has 1 aliphatic rings. The first-order chi connectivity index (χ1) is 16.7. The number of nitrogens with one attached hydrogen (secondary N) is 3. The van der Waals surface area contributed by atoms with Crippen LogP contribution in [0.25, 0.3) is 11.0 Å². The number of fused-ring (bicyclic) bond motifs is 1. The Balaban J connectivity index is 1.16. The first-order valence-electron chi connectivity index (χ1n) is 11.2. The highest BCUT2D eigenvalue weighted by Crippen LogP contribution is 2.22. The Kier molecular flexibility index (Phi) is 6.07. The summed E-state index contributed by atoms with van der Waals surface area (Å²) in [4.78, 5) is 40.7. The third kappa shape index (κ3) is 4.83. The second kappa shape index (κ2) is 9.62. The van der Waals surface area contributed by atoms with E-state index in [9.17, 15) is 9.59 Å². The lowest BCUT2D eigenvalue weighted by Gasteiger charge is -2.36. The van der Waals surface area contributed by atoms with Crippen LogP contribution >= 0.6 is 0 Å². The minimum Gasteiger partial charge on any atom is -0.368 e. The molecule has 9 heteroatoms. The Morgan fingerprint density at radius 2 is 1.74 bits per heavy atom. The summed E-state index contributed by atoms with van der Waals surface area (Å²) in [5, 5.41) is 6.61. The van der Waals surface area contributed by atoms with Gasteiger partial charge in [-0.3, -0.25) is 9.78 Å². The molecule has 172 valence electrons. The van der Waals surface area contributed by atoms with Crippen molar-refractivity contribution in [1.29, 1.82) is 0 Å². The van der Waals surface area contributed by atoms with Gasteiger partial charge in [0, 0.05) is 61.5 Å². The molecular formula is C25H25N7O2. The Bertz CT molecular complexity index is 1300. The van der Waals surface area contributed by atoms with Crippen LogP contribution in [0.15, 0.2) is 73.3 Å². The van der Waals surface area contributed by atoms with Crippen molar-refractivity contribution in [3.05, 3.63) is 78.9 Å². The average molecular weight is 456 g/mol. The van der Waals surface area contributed by atoms with Crippen LogP contribution < -0.4 is 15.5 Å². The first kappa shape index (κ1) is 21.4. The van der Waals surface area contributed by atoms with Gasteiger partial charge in [0.05, 0.1) is 18.3 Å². The Hall–Kier alpha value is -4.40. The van der Waals surface area contributed by atoms with E-state index in [1.54, 1.807) is 30.7 Å². The zero-order chi connectivity index (χ0) is 23.3. The Morgan fingerprint density at radius 1 is 0.941 bits per heavy atom. The first-order valence-corrected chi connectivity index (χ1v) is 11.2. The van der Waals surface area contributed by atoms with Gasteiger partial charge >= 0.3 is 6.03 Å². The Morgan fingerprint density at radius 3 is 2.56 bits per heavy atom. The molecule has 0 atom stereocenters. The molecule has 5 rings (SSSR count). The standard InChI is InChI=1S/C25H25N7O2/c33-23(14-18-16-28-24-22(18)7-3-9-27-24)32-12-10-31(11-13-32)21-6-1-4-19(15-21)29-25(34)30-20-5-2-8-26-17-20/h1-9,15-17H,10-14H2,(H,27,28)(H2,29,30,34). The van der Waals surface area contributed by atoms with Crippen molar-refractivity contribution in [1.82, 2.24) is 19.9 Å². The summed E-state index contributed by atoms with van der Waals surface area (Å²) >= 11 is 0. The van der Waals surface area contributed by atoms with Crippen LogP contribution in [0.5, 0.6) is 0 Å². The lowest BCUT2D eigenvalue weighted by atomic mass is 10.1. The van der Waals surface area contributed by atoms with E-state index in [1.807, 2.05) is 47.5 Å². The minimum atomic E-state index is -0.326. The number of rotatable bonds is 5. The quantitative estimate of drug-likeness (QED) is 0.427. The number of carbonyl (C=O) groups excluding carboxylic acids is 2. The smallest absolute Gasteiger partial charge is 0.323 e. The molecule has 1 fully saturated rings. The number of hydrogen-bond acceptors (Lipinski definition) is 5. The zero-order valence-electron chi connectivity index (χ0n) is 18.6. The summed E-state index contributed by atoms with van der Waals surface area (Å²) in [5.41, 5.74) is 4.11. The van der Waals surface area contributed by atoms with Gasteiger partial charge in [-0.2, -0.15) is 0 Å². The summed E-state index contributed by atoms with van der Waals surface area (Å²) in [6.07, 6.45) is 7.21. The van der Waals surface area contributed by atoms with Gasteiger partial charge in [-0.05, 0) is 48.0 Å². The lowest BCUT2D eigenvalue weighted by Crippen LogP contribution is -2.49. The molecule has 0 saturated carbocycles. The molecule has 9 nitrogen and oxygen atoms in total. The average Bonchev–Trinajstić information content (AvgIpc) is 3.27. The number of piperazine rings is 1. The van der Waals surface area contributed by atoms with E-state index in [0.29, 0.717) is 30.9 Å². The molecule has 4 aromatic rings. The molecule has 3 aromatic heterocycles. The molecule has 4 heterocycles. The second-order valence-corrected chi connectivity index (χ2v) is 8.13. The van der Waals surface area contributed by atoms with E-state index in [4.69, 9.17) is 0 Å². The molecule has 34 heavy (non-hydrogen) atoms.